The lowest BCUT2D eigenvalue weighted by atomic mass is 9.98. The zero-order valence-electron chi connectivity index (χ0n) is 10.5. The van der Waals surface area contributed by atoms with Crippen LogP contribution in [0.5, 0.6) is 0 Å². The molecule has 0 atom stereocenters. The van der Waals surface area contributed by atoms with Gasteiger partial charge in [-0.05, 0) is 30.9 Å². The van der Waals surface area contributed by atoms with Gasteiger partial charge in [0.2, 0.25) is 0 Å². The number of nitrogens with zero attached hydrogens (tertiary/aromatic N) is 3. The Morgan fingerprint density at radius 2 is 2.17 bits per heavy atom. The third-order valence-electron chi connectivity index (χ3n) is 3.30. The largest absolute Gasteiger partial charge is 0.396 e. The normalized spacial score (nSPS) is 16.7. The van der Waals surface area contributed by atoms with Crippen LogP contribution >= 0.6 is 0 Å². The van der Waals surface area contributed by atoms with E-state index in [2.05, 4.69) is 15.5 Å². The first-order valence-corrected chi connectivity index (χ1v) is 6.16. The van der Waals surface area contributed by atoms with Crippen LogP contribution in [-0.4, -0.2) is 52.9 Å². The third kappa shape index (κ3) is 2.76. The summed E-state index contributed by atoms with van der Waals surface area (Å²) in [5.41, 5.74) is 0.372. The van der Waals surface area contributed by atoms with E-state index in [1.807, 2.05) is 0 Å². The maximum atomic E-state index is 12.1. The van der Waals surface area contributed by atoms with Crippen molar-refractivity contribution in [3.8, 4) is 0 Å². The summed E-state index contributed by atoms with van der Waals surface area (Å²) >= 11 is 0. The molecule has 2 heterocycles. The number of amides is 1. The SMILES string of the molecule is CNc1ccc(C(=O)N2CCC(CO)CC2)nn1. The summed E-state index contributed by atoms with van der Waals surface area (Å²) in [6.07, 6.45) is 1.70. The number of nitrogens with one attached hydrogen (secondary N) is 1. The first kappa shape index (κ1) is 12.8. The lowest BCUT2D eigenvalue weighted by Crippen LogP contribution is -2.39. The van der Waals surface area contributed by atoms with Crippen LogP contribution < -0.4 is 5.32 Å². The summed E-state index contributed by atoms with van der Waals surface area (Å²) in [6, 6.07) is 3.42. The summed E-state index contributed by atoms with van der Waals surface area (Å²) in [5, 5.41) is 19.7. The smallest absolute Gasteiger partial charge is 0.274 e. The molecule has 1 fully saturated rings. The molecule has 6 heteroatoms. The number of aliphatic hydroxyl groups is 1. The number of rotatable bonds is 3. The summed E-state index contributed by atoms with van der Waals surface area (Å²) in [7, 11) is 1.76. The highest BCUT2D eigenvalue weighted by molar-refractivity contribution is 5.92. The standard InChI is InChI=1S/C12H18N4O2/c1-13-11-3-2-10(14-15-11)12(18)16-6-4-9(8-17)5-7-16/h2-3,9,17H,4-8H2,1H3,(H,13,15). The van der Waals surface area contributed by atoms with Crippen molar-refractivity contribution in [3.63, 3.8) is 0 Å². The van der Waals surface area contributed by atoms with Crippen LogP contribution in [0.1, 0.15) is 23.3 Å². The molecule has 0 saturated carbocycles. The van der Waals surface area contributed by atoms with E-state index in [1.165, 1.54) is 0 Å². The Morgan fingerprint density at radius 1 is 1.44 bits per heavy atom. The molecule has 98 valence electrons. The lowest BCUT2D eigenvalue weighted by Gasteiger charge is -2.30. The average Bonchev–Trinajstić information content (AvgIpc) is 2.47. The number of hydrogen-bond donors (Lipinski definition) is 2. The van der Waals surface area contributed by atoms with E-state index < -0.39 is 0 Å². The zero-order chi connectivity index (χ0) is 13.0. The Labute approximate surface area is 106 Å². The number of carbonyl (C=O) groups excluding carboxylic acids is 1. The summed E-state index contributed by atoms with van der Waals surface area (Å²) < 4.78 is 0. The van der Waals surface area contributed by atoms with E-state index in [0.717, 1.165) is 12.8 Å². The number of anilines is 1. The second-order valence-corrected chi connectivity index (χ2v) is 4.47. The van der Waals surface area contributed by atoms with Crippen molar-refractivity contribution in [2.24, 2.45) is 5.92 Å². The molecule has 0 unspecified atom stereocenters. The van der Waals surface area contributed by atoms with Gasteiger partial charge in [0.15, 0.2) is 5.69 Å². The number of hydrogen-bond acceptors (Lipinski definition) is 5. The predicted octanol–water partition coefficient (Wildman–Crippen LogP) is 0.363. The van der Waals surface area contributed by atoms with Gasteiger partial charge in [-0.3, -0.25) is 4.79 Å². The maximum Gasteiger partial charge on any atom is 0.274 e. The van der Waals surface area contributed by atoms with Crippen molar-refractivity contribution in [2.75, 3.05) is 32.1 Å². The van der Waals surface area contributed by atoms with Crippen LogP contribution in [0.4, 0.5) is 5.82 Å². The van der Waals surface area contributed by atoms with Gasteiger partial charge < -0.3 is 15.3 Å². The van der Waals surface area contributed by atoms with Crippen molar-refractivity contribution in [3.05, 3.63) is 17.8 Å². The molecule has 0 aromatic carbocycles. The molecule has 1 aliphatic heterocycles. The molecule has 18 heavy (non-hydrogen) atoms. The van der Waals surface area contributed by atoms with Gasteiger partial charge in [-0.1, -0.05) is 0 Å². The molecule has 1 amide bonds. The fourth-order valence-corrected chi connectivity index (χ4v) is 2.06. The summed E-state index contributed by atoms with van der Waals surface area (Å²) in [4.78, 5) is 13.9. The average molecular weight is 250 g/mol. The van der Waals surface area contributed by atoms with Gasteiger partial charge in [0.25, 0.3) is 5.91 Å². The van der Waals surface area contributed by atoms with Crippen molar-refractivity contribution in [1.82, 2.24) is 15.1 Å². The molecule has 2 N–H and O–H groups in total. The van der Waals surface area contributed by atoms with E-state index in [9.17, 15) is 4.79 Å². The Bertz CT molecular complexity index is 399. The minimum absolute atomic E-state index is 0.0819. The maximum absolute atomic E-state index is 12.1. The monoisotopic (exact) mass is 250 g/mol. The van der Waals surface area contributed by atoms with Gasteiger partial charge in [-0.25, -0.2) is 0 Å². The predicted molar refractivity (Wildman–Crippen MR) is 67.3 cm³/mol. The second kappa shape index (κ2) is 5.77. The third-order valence-corrected chi connectivity index (χ3v) is 3.30. The van der Waals surface area contributed by atoms with Crippen LogP contribution in [0.25, 0.3) is 0 Å². The van der Waals surface area contributed by atoms with E-state index in [-0.39, 0.29) is 12.5 Å². The van der Waals surface area contributed by atoms with E-state index in [4.69, 9.17) is 5.11 Å². The van der Waals surface area contributed by atoms with Gasteiger partial charge in [-0.2, -0.15) is 0 Å². The van der Waals surface area contributed by atoms with Crippen LogP contribution in [-0.2, 0) is 0 Å². The molecule has 6 nitrogen and oxygen atoms in total. The Morgan fingerprint density at radius 3 is 2.67 bits per heavy atom. The molecule has 1 aromatic rings. The van der Waals surface area contributed by atoms with Crippen molar-refractivity contribution in [2.45, 2.75) is 12.8 Å². The second-order valence-electron chi connectivity index (χ2n) is 4.47. The first-order chi connectivity index (χ1) is 8.74. The van der Waals surface area contributed by atoms with E-state index >= 15 is 0 Å². The molecular weight excluding hydrogens is 232 g/mol. The van der Waals surface area contributed by atoms with Crippen LogP contribution in [0, 0.1) is 5.92 Å². The summed E-state index contributed by atoms with van der Waals surface area (Å²) in [6.45, 7) is 1.57. The number of aliphatic hydroxyl groups excluding tert-OH is 1. The van der Waals surface area contributed by atoms with Gasteiger partial charge >= 0.3 is 0 Å². The lowest BCUT2D eigenvalue weighted by molar-refractivity contribution is 0.0644. The zero-order valence-corrected chi connectivity index (χ0v) is 10.5. The molecule has 1 aromatic heterocycles. The Balaban J connectivity index is 1.98. The molecule has 0 spiro atoms. The highest BCUT2D eigenvalue weighted by atomic mass is 16.3. The van der Waals surface area contributed by atoms with E-state index in [0.29, 0.717) is 30.5 Å². The molecule has 1 saturated heterocycles. The van der Waals surface area contributed by atoms with Crippen LogP contribution in [0.15, 0.2) is 12.1 Å². The minimum atomic E-state index is -0.0819. The number of aromatic nitrogens is 2. The fraction of sp³-hybridized carbons (Fsp3) is 0.583. The van der Waals surface area contributed by atoms with E-state index in [1.54, 1.807) is 24.1 Å². The Kier molecular flexibility index (Phi) is 4.09. The Hall–Kier alpha value is -1.69. The topological polar surface area (TPSA) is 78.4 Å². The van der Waals surface area contributed by atoms with Gasteiger partial charge in [0.05, 0.1) is 0 Å². The van der Waals surface area contributed by atoms with Gasteiger partial charge in [0.1, 0.15) is 5.82 Å². The van der Waals surface area contributed by atoms with Crippen molar-refractivity contribution < 1.29 is 9.90 Å². The molecular formula is C12H18N4O2. The molecule has 0 radical (unpaired) electrons. The molecule has 2 rings (SSSR count). The van der Waals surface area contributed by atoms with Crippen LogP contribution in [0.3, 0.4) is 0 Å². The van der Waals surface area contributed by atoms with Gasteiger partial charge in [0, 0.05) is 26.7 Å². The number of likely N-dealkylation sites (tertiary alicyclic amines) is 1. The highest BCUT2D eigenvalue weighted by Crippen LogP contribution is 2.17. The minimum Gasteiger partial charge on any atom is -0.396 e. The molecule has 0 bridgehead atoms. The quantitative estimate of drug-likeness (QED) is 0.810. The highest BCUT2D eigenvalue weighted by Gasteiger charge is 2.24. The number of carbonyl (C=O) groups is 1. The number of piperidine rings is 1. The fourth-order valence-electron chi connectivity index (χ4n) is 2.06. The molecule has 1 aliphatic rings. The summed E-state index contributed by atoms with van der Waals surface area (Å²) in [5.74, 6) is 0.888. The molecule has 0 aliphatic carbocycles. The van der Waals surface area contributed by atoms with Crippen LogP contribution in [0.2, 0.25) is 0 Å². The van der Waals surface area contributed by atoms with Crippen molar-refractivity contribution in [1.29, 1.82) is 0 Å². The van der Waals surface area contributed by atoms with Crippen molar-refractivity contribution >= 4 is 11.7 Å². The van der Waals surface area contributed by atoms with Gasteiger partial charge in [-0.15, -0.1) is 10.2 Å². The first-order valence-electron chi connectivity index (χ1n) is 6.16.